The highest BCUT2D eigenvalue weighted by Gasteiger charge is 2.35. The Bertz CT molecular complexity index is 1570. The molecule has 0 aliphatic carbocycles. The van der Waals surface area contributed by atoms with Crippen LogP contribution in [0.3, 0.4) is 0 Å². The van der Waals surface area contributed by atoms with Gasteiger partial charge in [0.2, 0.25) is 11.4 Å². The topological polar surface area (TPSA) is 125 Å². The fourth-order valence-corrected chi connectivity index (χ4v) is 6.20. The maximum Gasteiger partial charge on any atom is 0.304 e. The van der Waals surface area contributed by atoms with Gasteiger partial charge in [0.25, 0.3) is 26.1 Å². The number of aryl methyl sites for hydroxylation is 1. The van der Waals surface area contributed by atoms with E-state index in [4.69, 9.17) is 37.0 Å². The van der Waals surface area contributed by atoms with Crippen LogP contribution >= 0.6 is 34.5 Å². The molecule has 2 aromatic carbocycles. The third kappa shape index (κ3) is 6.28. The molecule has 1 aromatic heterocycles. The third-order valence-corrected chi connectivity index (χ3v) is 8.51. The SMILES string of the molecule is O=S(=O)(O)CCCN1/C(=C(/F)c2sc3ccc(Cl)cc3[n+]2CCCS(=O)(=O)O)Oc2ccc(Cl)cc21. The summed E-state index contributed by atoms with van der Waals surface area (Å²) in [4.78, 5) is 1.43. The maximum atomic E-state index is 16.2. The van der Waals surface area contributed by atoms with Crippen molar-refractivity contribution in [1.29, 1.82) is 0 Å². The number of hydrogen-bond acceptors (Lipinski definition) is 7. The van der Waals surface area contributed by atoms with Crippen LogP contribution < -0.4 is 14.2 Å². The fraction of sp³-hybridized carbons (Fsp3) is 0.286. The van der Waals surface area contributed by atoms with Gasteiger partial charge in [-0.05, 0) is 36.8 Å². The van der Waals surface area contributed by atoms with Gasteiger partial charge in [-0.2, -0.15) is 25.8 Å². The summed E-state index contributed by atoms with van der Waals surface area (Å²) < 4.78 is 87.3. The molecule has 0 saturated heterocycles. The number of anilines is 1. The Morgan fingerprint density at radius 2 is 1.64 bits per heavy atom. The molecule has 0 unspecified atom stereocenters. The standard InChI is InChI=1S/C21H19Cl2FN2O7S3/c22-13-3-5-17-15(11-13)25(7-1-9-35(27,28)29)20(33-17)19(24)21-26(8-2-10-36(30,31)32)16-12-14(23)4-6-18(16)34-21/h3-6,11-12H,1-2,7-10H2,(H-,27,28,29,30,31,32)/p+1. The second-order valence-electron chi connectivity index (χ2n) is 7.93. The molecule has 0 bridgehead atoms. The number of benzene rings is 2. The lowest BCUT2D eigenvalue weighted by Gasteiger charge is -2.18. The van der Waals surface area contributed by atoms with E-state index in [1.54, 1.807) is 41.0 Å². The number of aromatic nitrogens is 1. The predicted molar refractivity (Wildman–Crippen MR) is 137 cm³/mol. The number of thiazole rings is 1. The van der Waals surface area contributed by atoms with Gasteiger partial charge in [-0.15, -0.1) is 0 Å². The second kappa shape index (κ2) is 10.4. The van der Waals surface area contributed by atoms with E-state index in [1.807, 2.05) is 0 Å². The Kier molecular flexibility index (Phi) is 7.81. The molecule has 0 fully saturated rings. The normalized spacial score (nSPS) is 15.3. The zero-order chi connectivity index (χ0) is 26.3. The van der Waals surface area contributed by atoms with Crippen LogP contribution in [0.1, 0.15) is 17.8 Å². The lowest BCUT2D eigenvalue weighted by Crippen LogP contribution is -2.37. The van der Waals surface area contributed by atoms with Crippen molar-refractivity contribution >= 4 is 76.5 Å². The highest BCUT2D eigenvalue weighted by atomic mass is 35.5. The number of rotatable bonds is 9. The van der Waals surface area contributed by atoms with Gasteiger partial charge in [-0.1, -0.05) is 34.5 Å². The quantitative estimate of drug-likeness (QED) is 0.272. The lowest BCUT2D eigenvalue weighted by molar-refractivity contribution is -0.669. The number of hydrogen-bond donors (Lipinski definition) is 2. The van der Waals surface area contributed by atoms with E-state index in [1.165, 1.54) is 4.90 Å². The van der Waals surface area contributed by atoms with Crippen molar-refractivity contribution in [2.45, 2.75) is 19.4 Å². The van der Waals surface area contributed by atoms with E-state index in [0.29, 0.717) is 31.7 Å². The predicted octanol–water partition coefficient (Wildman–Crippen LogP) is 4.55. The molecule has 194 valence electrons. The number of halogens is 3. The number of fused-ring (bicyclic) bond motifs is 2. The zero-order valence-corrected chi connectivity index (χ0v) is 22.4. The van der Waals surface area contributed by atoms with Crippen molar-refractivity contribution < 1.29 is 39.6 Å². The number of ether oxygens (including phenoxy) is 1. The zero-order valence-electron chi connectivity index (χ0n) is 18.4. The van der Waals surface area contributed by atoms with Crippen LogP contribution in [0.15, 0.2) is 42.3 Å². The van der Waals surface area contributed by atoms with Crippen LogP contribution in [0.25, 0.3) is 16.0 Å². The molecule has 0 spiro atoms. The summed E-state index contributed by atoms with van der Waals surface area (Å²) in [6, 6.07) is 9.64. The Morgan fingerprint density at radius 1 is 1.00 bits per heavy atom. The van der Waals surface area contributed by atoms with Crippen molar-refractivity contribution in [3.8, 4) is 5.75 Å². The minimum atomic E-state index is -4.23. The van der Waals surface area contributed by atoms with Crippen molar-refractivity contribution in [3.63, 3.8) is 0 Å². The molecule has 0 saturated carbocycles. The summed E-state index contributed by atoms with van der Waals surface area (Å²) in [5, 5.41) is 0.862. The minimum Gasteiger partial charge on any atom is -0.435 e. The monoisotopic (exact) mass is 597 g/mol. The minimum absolute atomic E-state index is 0.00460. The first-order chi connectivity index (χ1) is 16.8. The Hall–Kier alpha value is -2.00. The molecule has 2 heterocycles. The molecule has 3 aromatic rings. The molecule has 2 N–H and O–H groups in total. The average Bonchev–Trinajstić information content (AvgIpc) is 3.30. The van der Waals surface area contributed by atoms with E-state index in [9.17, 15) is 16.8 Å². The molecule has 1 aliphatic rings. The summed E-state index contributed by atoms with van der Waals surface area (Å²) in [5.74, 6) is -1.73. The molecule has 4 rings (SSSR count). The first kappa shape index (κ1) is 27.0. The first-order valence-electron chi connectivity index (χ1n) is 10.5. The van der Waals surface area contributed by atoms with Gasteiger partial charge in [0.1, 0.15) is 4.70 Å². The lowest BCUT2D eigenvalue weighted by atomic mass is 10.2. The van der Waals surface area contributed by atoms with Crippen molar-refractivity contribution in [3.05, 3.63) is 57.3 Å². The fourth-order valence-electron chi connectivity index (χ4n) is 3.79. The Morgan fingerprint density at radius 3 is 2.33 bits per heavy atom. The van der Waals surface area contributed by atoms with Gasteiger partial charge < -0.3 is 9.64 Å². The van der Waals surface area contributed by atoms with Crippen molar-refractivity contribution in [2.24, 2.45) is 0 Å². The summed E-state index contributed by atoms with van der Waals surface area (Å²) in [7, 11) is -8.44. The van der Waals surface area contributed by atoms with Gasteiger partial charge in [-0.25, -0.2) is 0 Å². The molecule has 15 heteroatoms. The highest BCUT2D eigenvalue weighted by molar-refractivity contribution is 7.86. The van der Waals surface area contributed by atoms with Crippen LogP contribution in [0.5, 0.6) is 5.75 Å². The van der Waals surface area contributed by atoms with E-state index < -0.39 is 37.6 Å². The highest BCUT2D eigenvalue weighted by Crippen LogP contribution is 2.44. The van der Waals surface area contributed by atoms with E-state index in [-0.39, 0.29) is 36.8 Å². The third-order valence-electron chi connectivity index (χ3n) is 5.27. The van der Waals surface area contributed by atoms with E-state index >= 15 is 4.39 Å². The van der Waals surface area contributed by atoms with Crippen molar-refractivity contribution in [2.75, 3.05) is 23.0 Å². The van der Waals surface area contributed by atoms with Crippen LogP contribution in [0.2, 0.25) is 10.0 Å². The van der Waals surface area contributed by atoms with E-state index in [0.717, 1.165) is 11.3 Å². The summed E-state index contributed by atoms with van der Waals surface area (Å²) >= 11 is 13.3. The van der Waals surface area contributed by atoms with Gasteiger partial charge >= 0.3 is 5.01 Å². The van der Waals surface area contributed by atoms with Gasteiger partial charge in [0, 0.05) is 29.1 Å². The second-order valence-corrected chi connectivity index (χ2v) is 13.0. The maximum absolute atomic E-state index is 16.2. The Labute approximate surface area is 220 Å². The largest absolute Gasteiger partial charge is 0.435 e. The molecule has 1 aliphatic heterocycles. The summed E-state index contributed by atoms with van der Waals surface area (Å²) in [6.07, 6.45) is -0.0203. The van der Waals surface area contributed by atoms with Gasteiger partial charge in [-0.3, -0.25) is 9.11 Å². The Balaban J connectivity index is 1.79. The summed E-state index contributed by atoms with van der Waals surface area (Å²) in [5.41, 5.74) is 0.982. The molecular formula is C21H20Cl2FN2O7S3+. The van der Waals surface area contributed by atoms with Gasteiger partial charge in [0.15, 0.2) is 12.3 Å². The smallest absolute Gasteiger partial charge is 0.304 e. The van der Waals surface area contributed by atoms with Crippen LogP contribution in [0.4, 0.5) is 10.1 Å². The number of nitrogens with zero attached hydrogens (tertiary/aromatic N) is 2. The van der Waals surface area contributed by atoms with Crippen LogP contribution in [0, 0.1) is 0 Å². The molecule has 36 heavy (non-hydrogen) atoms. The molecule has 9 nitrogen and oxygen atoms in total. The molecule has 0 radical (unpaired) electrons. The van der Waals surface area contributed by atoms with Crippen LogP contribution in [-0.2, 0) is 26.8 Å². The molecular weight excluding hydrogens is 578 g/mol. The molecule has 0 atom stereocenters. The van der Waals surface area contributed by atoms with Crippen molar-refractivity contribution in [1.82, 2.24) is 0 Å². The van der Waals surface area contributed by atoms with E-state index in [2.05, 4.69) is 0 Å². The summed E-state index contributed by atoms with van der Waals surface area (Å²) in [6.45, 7) is 0.0487. The average molecular weight is 599 g/mol. The van der Waals surface area contributed by atoms with Gasteiger partial charge in [0.05, 0.1) is 17.2 Å². The first-order valence-corrected chi connectivity index (χ1v) is 15.3. The molecule has 0 amide bonds. The van der Waals surface area contributed by atoms with Crippen LogP contribution in [-0.4, -0.2) is 44.0 Å².